The van der Waals surface area contributed by atoms with Gasteiger partial charge in [0.05, 0.1) is 30.7 Å². The number of pyridine rings is 1. The van der Waals surface area contributed by atoms with E-state index in [0.717, 1.165) is 52.3 Å². The lowest BCUT2D eigenvalue weighted by Gasteiger charge is -2.35. The quantitative estimate of drug-likeness (QED) is 0.519. The molecule has 0 fully saturated rings. The number of rotatable bonds is 3. The van der Waals surface area contributed by atoms with Gasteiger partial charge in [-0.2, -0.15) is 0 Å². The number of hydrogen-bond donors (Lipinski definition) is 1. The maximum absolute atomic E-state index is 13.0. The van der Waals surface area contributed by atoms with E-state index in [1.54, 1.807) is 23.0 Å². The molecule has 40 heavy (non-hydrogen) atoms. The molecule has 0 bridgehead atoms. The third kappa shape index (κ3) is 4.76. The Bertz CT molecular complexity index is 1520. The zero-order valence-electron chi connectivity index (χ0n) is 23.4. The minimum Gasteiger partial charge on any atom is -0.474 e. The van der Waals surface area contributed by atoms with E-state index in [1.165, 1.54) is 0 Å². The summed E-state index contributed by atoms with van der Waals surface area (Å²) in [6.07, 6.45) is 4.06. The van der Waals surface area contributed by atoms with Crippen molar-refractivity contribution < 1.29 is 19.1 Å². The number of carbonyl (C=O) groups is 2. The molecule has 1 aromatic carbocycles. The molecule has 11 nitrogen and oxygen atoms in total. The molecule has 3 aliphatic heterocycles. The first-order chi connectivity index (χ1) is 19.1. The Morgan fingerprint density at radius 2 is 1.93 bits per heavy atom. The number of hydrogen-bond acceptors (Lipinski definition) is 9. The SMILES string of the molecule is Cc1c(N2CCc3cnc(Nc4ccc5c(c4)CN(C)C5=O)nc3C2)cnc2c1N(C(=O)OC(C)(C)C)CCO2. The molecular weight excluding hydrogens is 510 g/mol. The minimum atomic E-state index is -0.607. The Morgan fingerprint density at radius 1 is 1.10 bits per heavy atom. The summed E-state index contributed by atoms with van der Waals surface area (Å²) in [5.74, 6) is 0.981. The molecule has 0 radical (unpaired) electrons. The first-order valence-electron chi connectivity index (χ1n) is 13.5. The zero-order valence-corrected chi connectivity index (χ0v) is 23.4. The topological polar surface area (TPSA) is 113 Å². The second-order valence-electron chi connectivity index (χ2n) is 11.4. The number of benzene rings is 1. The second-order valence-corrected chi connectivity index (χ2v) is 11.4. The fourth-order valence-corrected chi connectivity index (χ4v) is 5.39. The summed E-state index contributed by atoms with van der Waals surface area (Å²) in [5.41, 5.74) is 6.46. The molecule has 6 rings (SSSR count). The summed E-state index contributed by atoms with van der Waals surface area (Å²) in [7, 11) is 1.80. The van der Waals surface area contributed by atoms with E-state index in [2.05, 4.69) is 20.2 Å². The van der Waals surface area contributed by atoms with Gasteiger partial charge < -0.3 is 24.6 Å². The molecule has 208 valence electrons. The van der Waals surface area contributed by atoms with Gasteiger partial charge in [0.15, 0.2) is 0 Å². The molecule has 5 heterocycles. The monoisotopic (exact) mass is 543 g/mol. The van der Waals surface area contributed by atoms with E-state index in [9.17, 15) is 9.59 Å². The third-order valence-corrected chi connectivity index (χ3v) is 7.32. The van der Waals surface area contributed by atoms with Crippen LogP contribution in [0.4, 0.5) is 27.8 Å². The summed E-state index contributed by atoms with van der Waals surface area (Å²) in [6.45, 7) is 10.2. The van der Waals surface area contributed by atoms with Crippen molar-refractivity contribution in [2.24, 2.45) is 0 Å². The standard InChI is InChI=1S/C29H33N7O4/c1-17-23(14-30-25-24(17)36(10-11-39-25)28(38)40-29(2,3)4)35-9-8-18-13-31-27(33-22(18)16-35)32-20-6-7-21-19(12-20)15-34(5)26(21)37/h6-7,12-14H,8-11,15-16H2,1-5H3,(H,31,32,33). The van der Waals surface area contributed by atoms with Crippen LogP contribution in [0.1, 0.15) is 53.5 Å². The highest BCUT2D eigenvalue weighted by Gasteiger charge is 2.33. The molecule has 0 saturated heterocycles. The molecule has 1 N–H and O–H groups in total. The number of fused-ring (bicyclic) bond motifs is 3. The van der Waals surface area contributed by atoms with Crippen LogP contribution in [0.3, 0.4) is 0 Å². The maximum atomic E-state index is 13.0. The number of nitrogens with zero attached hydrogens (tertiary/aromatic N) is 6. The van der Waals surface area contributed by atoms with Crippen LogP contribution in [0.2, 0.25) is 0 Å². The van der Waals surface area contributed by atoms with E-state index in [0.29, 0.717) is 43.8 Å². The van der Waals surface area contributed by atoms with Gasteiger partial charge in [0.1, 0.15) is 17.9 Å². The van der Waals surface area contributed by atoms with Crippen molar-refractivity contribution in [3.05, 3.63) is 58.5 Å². The summed E-state index contributed by atoms with van der Waals surface area (Å²) in [6, 6.07) is 5.71. The summed E-state index contributed by atoms with van der Waals surface area (Å²) < 4.78 is 11.5. The number of carbonyl (C=O) groups excluding carboxylic acids is 2. The first-order valence-corrected chi connectivity index (χ1v) is 13.5. The summed E-state index contributed by atoms with van der Waals surface area (Å²) in [4.78, 5) is 44.7. The van der Waals surface area contributed by atoms with Gasteiger partial charge in [-0.3, -0.25) is 9.69 Å². The molecule has 2 amide bonds. The average molecular weight is 544 g/mol. The van der Waals surface area contributed by atoms with E-state index >= 15 is 0 Å². The molecular formula is C29H33N7O4. The van der Waals surface area contributed by atoms with Crippen molar-refractivity contribution in [2.75, 3.05) is 41.9 Å². The van der Waals surface area contributed by atoms with Crippen molar-refractivity contribution >= 4 is 35.0 Å². The van der Waals surface area contributed by atoms with E-state index in [1.807, 2.05) is 52.1 Å². The molecule has 0 aliphatic carbocycles. The van der Waals surface area contributed by atoms with Crippen LogP contribution in [0, 0.1) is 6.92 Å². The van der Waals surface area contributed by atoms with Crippen LogP contribution in [0.5, 0.6) is 5.88 Å². The van der Waals surface area contributed by atoms with E-state index in [-0.39, 0.29) is 5.91 Å². The molecule has 2 aromatic heterocycles. The lowest BCUT2D eigenvalue weighted by molar-refractivity contribution is 0.0566. The van der Waals surface area contributed by atoms with Crippen LogP contribution < -0.4 is 19.9 Å². The van der Waals surface area contributed by atoms with Crippen LogP contribution in [-0.4, -0.2) is 64.2 Å². The lowest BCUT2D eigenvalue weighted by Crippen LogP contribution is -2.42. The van der Waals surface area contributed by atoms with Crippen molar-refractivity contribution in [1.29, 1.82) is 0 Å². The minimum absolute atomic E-state index is 0.0411. The first kappa shape index (κ1) is 25.8. The Hall–Kier alpha value is -4.41. The number of amides is 2. The van der Waals surface area contributed by atoms with Crippen molar-refractivity contribution in [2.45, 2.75) is 52.8 Å². The van der Waals surface area contributed by atoms with Gasteiger partial charge in [-0.15, -0.1) is 0 Å². The predicted molar refractivity (Wildman–Crippen MR) is 150 cm³/mol. The number of anilines is 4. The highest BCUT2D eigenvalue weighted by atomic mass is 16.6. The highest BCUT2D eigenvalue weighted by Crippen LogP contribution is 2.40. The number of aromatic nitrogens is 3. The molecule has 3 aromatic rings. The average Bonchev–Trinajstić information content (AvgIpc) is 3.19. The van der Waals surface area contributed by atoms with E-state index in [4.69, 9.17) is 14.5 Å². The maximum Gasteiger partial charge on any atom is 0.415 e. The Balaban J connectivity index is 1.24. The van der Waals surface area contributed by atoms with Crippen molar-refractivity contribution in [3.63, 3.8) is 0 Å². The third-order valence-electron chi connectivity index (χ3n) is 7.32. The molecule has 0 unspecified atom stereocenters. The fraction of sp³-hybridized carbons (Fsp3) is 0.414. The van der Waals surface area contributed by atoms with E-state index < -0.39 is 11.7 Å². The lowest BCUT2D eigenvalue weighted by atomic mass is 10.0. The fourth-order valence-electron chi connectivity index (χ4n) is 5.39. The van der Waals surface area contributed by atoms with Gasteiger partial charge in [0.25, 0.3) is 5.91 Å². The normalized spacial score (nSPS) is 16.2. The zero-order chi connectivity index (χ0) is 28.2. The molecule has 11 heteroatoms. The van der Waals surface area contributed by atoms with Gasteiger partial charge in [0.2, 0.25) is 11.8 Å². The van der Waals surface area contributed by atoms with Crippen LogP contribution in [0.25, 0.3) is 0 Å². The molecule has 0 spiro atoms. The predicted octanol–water partition coefficient (Wildman–Crippen LogP) is 4.21. The van der Waals surface area contributed by atoms with Crippen LogP contribution in [-0.2, 0) is 24.2 Å². The Morgan fingerprint density at radius 3 is 2.73 bits per heavy atom. The van der Waals surface area contributed by atoms with Gasteiger partial charge >= 0.3 is 6.09 Å². The van der Waals surface area contributed by atoms with Gasteiger partial charge in [-0.05, 0) is 63.4 Å². The van der Waals surface area contributed by atoms with Crippen LogP contribution >= 0.6 is 0 Å². The van der Waals surface area contributed by atoms with Gasteiger partial charge in [-0.25, -0.2) is 19.7 Å². The second kappa shape index (κ2) is 9.65. The molecule has 0 saturated carbocycles. The summed E-state index contributed by atoms with van der Waals surface area (Å²) >= 11 is 0. The number of nitrogens with one attached hydrogen (secondary N) is 1. The molecule has 0 atom stereocenters. The number of ether oxygens (including phenoxy) is 2. The van der Waals surface area contributed by atoms with Crippen molar-refractivity contribution in [3.8, 4) is 5.88 Å². The molecule has 3 aliphatic rings. The largest absolute Gasteiger partial charge is 0.474 e. The van der Waals surface area contributed by atoms with Gasteiger partial charge in [0, 0.05) is 43.1 Å². The van der Waals surface area contributed by atoms with Crippen molar-refractivity contribution in [1.82, 2.24) is 19.9 Å². The van der Waals surface area contributed by atoms with Crippen LogP contribution in [0.15, 0.2) is 30.6 Å². The van der Waals surface area contributed by atoms with Gasteiger partial charge in [-0.1, -0.05) is 0 Å². The highest BCUT2D eigenvalue weighted by molar-refractivity contribution is 5.98. The summed E-state index contributed by atoms with van der Waals surface area (Å²) in [5, 5.41) is 3.30. The Labute approximate surface area is 233 Å². The smallest absolute Gasteiger partial charge is 0.415 e. The Kier molecular flexibility index (Phi) is 6.24.